The van der Waals surface area contributed by atoms with E-state index in [9.17, 15) is 4.79 Å². The highest BCUT2D eigenvalue weighted by atomic mass is 16.5. The van der Waals surface area contributed by atoms with E-state index in [1.807, 2.05) is 6.08 Å². The van der Waals surface area contributed by atoms with E-state index in [1.165, 1.54) is 0 Å². The third-order valence-corrected chi connectivity index (χ3v) is 2.97. The number of ketones is 1. The van der Waals surface area contributed by atoms with E-state index in [2.05, 4.69) is 19.9 Å². The van der Waals surface area contributed by atoms with Gasteiger partial charge in [0.2, 0.25) is 0 Å². The summed E-state index contributed by atoms with van der Waals surface area (Å²) < 4.78 is 5.71. The Kier molecular flexibility index (Phi) is 3.06. The number of rotatable bonds is 3. The van der Waals surface area contributed by atoms with E-state index in [0.29, 0.717) is 12.0 Å². The van der Waals surface area contributed by atoms with Gasteiger partial charge in [-0.1, -0.05) is 26.0 Å². The molecule has 0 saturated carbocycles. The van der Waals surface area contributed by atoms with E-state index in [0.717, 1.165) is 24.8 Å². The first-order valence-electron chi connectivity index (χ1n) is 5.75. The monoisotopic (exact) mass is 206 g/mol. The SMILES string of the molecule is CC(C)/C=C\C(=O)C1=CC[C@H]2CC[C@@H]1O2. The van der Waals surface area contributed by atoms with Gasteiger partial charge in [-0.05, 0) is 31.3 Å². The molecule has 0 N–H and O–H groups in total. The van der Waals surface area contributed by atoms with E-state index in [1.54, 1.807) is 6.08 Å². The largest absolute Gasteiger partial charge is 0.370 e. The van der Waals surface area contributed by atoms with E-state index in [-0.39, 0.29) is 11.9 Å². The highest BCUT2D eigenvalue weighted by Crippen LogP contribution is 2.32. The zero-order chi connectivity index (χ0) is 10.8. The minimum atomic E-state index is 0.0769. The van der Waals surface area contributed by atoms with Crippen LogP contribution >= 0.6 is 0 Å². The van der Waals surface area contributed by atoms with Gasteiger partial charge in [0.05, 0.1) is 12.2 Å². The van der Waals surface area contributed by atoms with Gasteiger partial charge < -0.3 is 4.74 Å². The predicted octanol–water partition coefficient (Wildman–Crippen LogP) is 2.65. The smallest absolute Gasteiger partial charge is 0.183 e. The highest BCUT2D eigenvalue weighted by Gasteiger charge is 2.33. The summed E-state index contributed by atoms with van der Waals surface area (Å²) in [6.45, 7) is 4.14. The van der Waals surface area contributed by atoms with Crippen LogP contribution < -0.4 is 0 Å². The average Bonchev–Trinajstić information content (AvgIpc) is 2.57. The van der Waals surface area contributed by atoms with Crippen molar-refractivity contribution in [1.82, 2.24) is 0 Å². The highest BCUT2D eigenvalue weighted by molar-refractivity contribution is 6.04. The van der Waals surface area contributed by atoms with Crippen LogP contribution in [0.15, 0.2) is 23.8 Å². The second-order valence-electron chi connectivity index (χ2n) is 4.69. The lowest BCUT2D eigenvalue weighted by atomic mass is 10.0. The van der Waals surface area contributed by atoms with Crippen LogP contribution in [0.25, 0.3) is 0 Å². The van der Waals surface area contributed by atoms with Gasteiger partial charge >= 0.3 is 0 Å². The molecule has 2 heteroatoms. The molecule has 0 aromatic heterocycles. The molecule has 2 bridgehead atoms. The van der Waals surface area contributed by atoms with Crippen LogP contribution in [0, 0.1) is 5.92 Å². The lowest BCUT2D eigenvalue weighted by molar-refractivity contribution is -0.112. The van der Waals surface area contributed by atoms with Crippen molar-refractivity contribution in [3.05, 3.63) is 23.8 Å². The number of allylic oxidation sites excluding steroid dienone is 2. The Labute approximate surface area is 91.0 Å². The number of carbonyl (C=O) groups is 1. The zero-order valence-electron chi connectivity index (χ0n) is 9.40. The maximum Gasteiger partial charge on any atom is 0.183 e. The molecule has 0 unspecified atom stereocenters. The Bertz CT molecular complexity index is 312. The Balaban J connectivity index is 2.04. The summed E-state index contributed by atoms with van der Waals surface area (Å²) in [6.07, 6.45) is 9.19. The molecule has 0 spiro atoms. The molecule has 2 heterocycles. The summed E-state index contributed by atoms with van der Waals surface area (Å²) in [7, 11) is 0. The summed E-state index contributed by atoms with van der Waals surface area (Å²) in [5.74, 6) is 0.560. The van der Waals surface area contributed by atoms with Gasteiger partial charge in [-0.3, -0.25) is 4.79 Å². The molecule has 0 aromatic rings. The van der Waals surface area contributed by atoms with Gasteiger partial charge in [-0.25, -0.2) is 0 Å². The third-order valence-electron chi connectivity index (χ3n) is 2.97. The summed E-state index contributed by atoms with van der Waals surface area (Å²) in [6, 6.07) is 0. The number of fused-ring (bicyclic) bond motifs is 2. The number of hydrogen-bond donors (Lipinski definition) is 0. The van der Waals surface area contributed by atoms with E-state index >= 15 is 0 Å². The second kappa shape index (κ2) is 4.31. The average molecular weight is 206 g/mol. The van der Waals surface area contributed by atoms with Gasteiger partial charge in [-0.2, -0.15) is 0 Å². The molecular formula is C13H18O2. The first-order chi connectivity index (χ1) is 7.16. The van der Waals surface area contributed by atoms with Gasteiger partial charge in [-0.15, -0.1) is 0 Å². The van der Waals surface area contributed by atoms with Crippen molar-refractivity contribution in [2.45, 2.75) is 45.3 Å². The third kappa shape index (κ3) is 2.37. The van der Waals surface area contributed by atoms with Gasteiger partial charge in [0.25, 0.3) is 0 Å². The standard InChI is InChI=1S/C13H18O2/c1-9(2)3-7-12(14)11-6-4-10-5-8-13(11)15-10/h3,6-7,9-10,13H,4-5,8H2,1-2H3/b7-3-/t10-,13-/m0/s1. The number of carbonyl (C=O) groups excluding carboxylic acids is 1. The van der Waals surface area contributed by atoms with Crippen molar-refractivity contribution in [2.24, 2.45) is 5.92 Å². The van der Waals surface area contributed by atoms with Crippen LogP contribution in [0.5, 0.6) is 0 Å². The molecule has 2 nitrogen and oxygen atoms in total. The normalized spacial score (nSPS) is 29.9. The molecule has 0 aliphatic carbocycles. The summed E-state index contributed by atoms with van der Waals surface area (Å²) in [5.41, 5.74) is 0.876. The first-order valence-corrected chi connectivity index (χ1v) is 5.75. The minimum absolute atomic E-state index is 0.0769. The Hall–Kier alpha value is -0.890. The van der Waals surface area contributed by atoms with Crippen molar-refractivity contribution in [3.8, 4) is 0 Å². The number of hydrogen-bond acceptors (Lipinski definition) is 2. The molecule has 2 rings (SSSR count). The fourth-order valence-electron chi connectivity index (χ4n) is 2.13. The van der Waals surface area contributed by atoms with Crippen molar-refractivity contribution in [2.75, 3.05) is 0 Å². The van der Waals surface area contributed by atoms with E-state index < -0.39 is 0 Å². The summed E-state index contributed by atoms with van der Waals surface area (Å²) >= 11 is 0. The Morgan fingerprint density at radius 3 is 3.07 bits per heavy atom. The van der Waals surface area contributed by atoms with Gasteiger partial charge in [0.15, 0.2) is 5.78 Å². The van der Waals surface area contributed by atoms with Crippen LogP contribution in [0.1, 0.15) is 33.1 Å². The molecule has 2 atom stereocenters. The minimum Gasteiger partial charge on any atom is -0.370 e. The van der Waals surface area contributed by atoms with Gasteiger partial charge in [0, 0.05) is 5.57 Å². The van der Waals surface area contributed by atoms with Crippen LogP contribution in [-0.4, -0.2) is 18.0 Å². The lowest BCUT2D eigenvalue weighted by Crippen LogP contribution is -2.22. The van der Waals surface area contributed by atoms with Crippen LogP contribution in [0.3, 0.4) is 0 Å². The molecule has 2 aliphatic heterocycles. The van der Waals surface area contributed by atoms with Crippen molar-refractivity contribution >= 4 is 5.78 Å². The maximum absolute atomic E-state index is 11.9. The van der Waals surface area contributed by atoms with Crippen molar-refractivity contribution in [1.29, 1.82) is 0 Å². The molecule has 1 saturated heterocycles. The van der Waals surface area contributed by atoms with Crippen LogP contribution in [0.2, 0.25) is 0 Å². The Morgan fingerprint density at radius 1 is 1.53 bits per heavy atom. The van der Waals surface area contributed by atoms with Crippen molar-refractivity contribution in [3.63, 3.8) is 0 Å². The molecular weight excluding hydrogens is 188 g/mol. The summed E-state index contributed by atoms with van der Waals surface area (Å²) in [4.78, 5) is 11.9. The second-order valence-corrected chi connectivity index (χ2v) is 4.69. The fourth-order valence-corrected chi connectivity index (χ4v) is 2.13. The van der Waals surface area contributed by atoms with E-state index in [4.69, 9.17) is 4.74 Å². The molecule has 0 amide bonds. The van der Waals surface area contributed by atoms with Crippen molar-refractivity contribution < 1.29 is 9.53 Å². The molecule has 0 radical (unpaired) electrons. The fraction of sp³-hybridized carbons (Fsp3) is 0.615. The lowest BCUT2D eigenvalue weighted by Gasteiger charge is -2.19. The van der Waals surface area contributed by atoms with Crippen LogP contribution in [-0.2, 0) is 9.53 Å². The molecule has 82 valence electrons. The van der Waals surface area contributed by atoms with Crippen LogP contribution in [0.4, 0.5) is 0 Å². The number of ether oxygens (including phenoxy) is 1. The van der Waals surface area contributed by atoms with Gasteiger partial charge in [0.1, 0.15) is 0 Å². The molecule has 15 heavy (non-hydrogen) atoms. The quantitative estimate of drug-likeness (QED) is 0.663. The molecule has 0 aromatic carbocycles. The Morgan fingerprint density at radius 2 is 2.33 bits per heavy atom. The predicted molar refractivity (Wildman–Crippen MR) is 59.6 cm³/mol. The summed E-state index contributed by atoms with van der Waals surface area (Å²) in [5, 5.41) is 0. The molecule has 1 fully saturated rings. The zero-order valence-corrected chi connectivity index (χ0v) is 9.40. The molecule has 2 aliphatic rings. The maximum atomic E-state index is 11.9. The first kappa shape index (κ1) is 10.6. The topological polar surface area (TPSA) is 26.3 Å².